The fourth-order valence-corrected chi connectivity index (χ4v) is 3.27. The lowest BCUT2D eigenvalue weighted by Gasteiger charge is -1.94. The van der Waals surface area contributed by atoms with Crippen LogP contribution in [0.3, 0.4) is 0 Å². The Morgan fingerprint density at radius 1 is 1.43 bits per heavy atom. The molecular weight excluding hydrogens is 220 g/mol. The second-order valence-corrected chi connectivity index (χ2v) is 4.63. The Kier molecular flexibility index (Phi) is 2.35. The molecule has 0 aliphatic heterocycles. The molecule has 0 radical (unpaired) electrons. The topological polar surface area (TPSA) is 43.4 Å². The summed E-state index contributed by atoms with van der Waals surface area (Å²) in [6.45, 7) is 0. The smallest absolute Gasteiger partial charge is 0.339 e. The minimum absolute atomic E-state index is 0.391. The minimum Gasteiger partial charge on any atom is -0.465 e. The van der Waals surface area contributed by atoms with Crippen LogP contribution in [0, 0.1) is 0 Å². The second kappa shape index (κ2) is 3.51. The largest absolute Gasteiger partial charge is 0.465 e. The molecule has 0 amide bonds. The molecule has 0 fully saturated rings. The number of thiophene rings is 2. The van der Waals surface area contributed by atoms with Crippen LogP contribution in [0.4, 0.5) is 0 Å². The van der Waals surface area contributed by atoms with Gasteiger partial charge in [0.05, 0.1) is 16.7 Å². The lowest BCUT2D eigenvalue weighted by atomic mass is 10.2. The number of esters is 1. The molecule has 0 spiro atoms. The van der Waals surface area contributed by atoms with Gasteiger partial charge in [0.2, 0.25) is 0 Å². The summed E-state index contributed by atoms with van der Waals surface area (Å²) in [6, 6.07) is 0. The molecule has 72 valence electrons. The average molecular weight is 226 g/mol. The summed E-state index contributed by atoms with van der Waals surface area (Å²) in [5.74, 6) is -0.391. The third-order valence-corrected chi connectivity index (χ3v) is 4.01. The van der Waals surface area contributed by atoms with Crippen molar-refractivity contribution in [1.29, 1.82) is 0 Å². The highest BCUT2D eigenvalue weighted by atomic mass is 32.2. The van der Waals surface area contributed by atoms with Crippen molar-refractivity contribution in [3.63, 3.8) is 0 Å². The van der Waals surface area contributed by atoms with Gasteiger partial charge in [0.25, 0.3) is 0 Å². The summed E-state index contributed by atoms with van der Waals surface area (Å²) in [7, 11) is 1.33. The van der Waals surface area contributed by atoms with Crippen LogP contribution in [-0.2, 0) is 4.74 Å². The average Bonchev–Trinajstić information content (AvgIpc) is 2.76. The zero-order valence-electron chi connectivity index (χ0n) is 7.27. The normalized spacial score (nSPS) is 10.4. The van der Waals surface area contributed by atoms with Crippen LogP contribution in [0.5, 0.6) is 0 Å². The van der Waals surface area contributed by atoms with E-state index >= 15 is 0 Å². The third kappa shape index (κ3) is 1.25. The molecule has 2 aromatic heterocycles. The number of methoxy groups -OCH3 is 1. The summed E-state index contributed by atoms with van der Waals surface area (Å²) < 4.78 is 5.61. The van der Waals surface area contributed by atoms with Crippen molar-refractivity contribution in [1.82, 2.24) is 0 Å². The van der Waals surface area contributed by atoms with Gasteiger partial charge in [-0.3, -0.25) is 4.79 Å². The molecule has 0 saturated heterocycles. The number of rotatable bonds is 2. The van der Waals surface area contributed by atoms with Crippen molar-refractivity contribution in [3.05, 3.63) is 21.9 Å². The highest BCUT2D eigenvalue weighted by molar-refractivity contribution is 7.37. The van der Waals surface area contributed by atoms with Gasteiger partial charge < -0.3 is 4.74 Å². The van der Waals surface area contributed by atoms with Gasteiger partial charge in [-0.2, -0.15) is 0 Å². The van der Waals surface area contributed by atoms with Crippen LogP contribution in [0.1, 0.15) is 20.7 Å². The van der Waals surface area contributed by atoms with Gasteiger partial charge in [-0.05, 0) is 0 Å². The Labute approximate surface area is 87.9 Å². The molecule has 5 heteroatoms. The maximum Gasteiger partial charge on any atom is 0.339 e. The van der Waals surface area contributed by atoms with Crippen LogP contribution < -0.4 is 0 Å². The molecule has 0 saturated carbocycles. The van der Waals surface area contributed by atoms with Gasteiger partial charge in [0, 0.05) is 21.7 Å². The number of carbonyl (C=O) groups is 2. The van der Waals surface area contributed by atoms with E-state index in [0.717, 1.165) is 15.7 Å². The first-order valence-electron chi connectivity index (χ1n) is 3.80. The quantitative estimate of drug-likeness (QED) is 0.584. The molecule has 2 rings (SSSR count). The van der Waals surface area contributed by atoms with Crippen molar-refractivity contribution >= 4 is 44.3 Å². The molecule has 0 atom stereocenters. The molecule has 3 nitrogen and oxygen atoms in total. The van der Waals surface area contributed by atoms with Crippen LogP contribution in [0.2, 0.25) is 0 Å². The predicted octanol–water partition coefficient (Wildman–Crippen LogP) is 2.56. The number of fused-ring (bicyclic) bond motifs is 1. The van der Waals surface area contributed by atoms with Crippen LogP contribution >= 0.6 is 22.7 Å². The van der Waals surface area contributed by atoms with E-state index in [-0.39, 0.29) is 0 Å². The van der Waals surface area contributed by atoms with Crippen molar-refractivity contribution in [2.24, 2.45) is 0 Å². The van der Waals surface area contributed by atoms with Crippen molar-refractivity contribution in [2.75, 3.05) is 7.11 Å². The van der Waals surface area contributed by atoms with Crippen LogP contribution in [-0.4, -0.2) is 19.4 Å². The van der Waals surface area contributed by atoms with Gasteiger partial charge in [-0.1, -0.05) is 0 Å². The third-order valence-electron chi connectivity index (χ3n) is 1.87. The maximum atomic E-state index is 11.3. The Bertz CT molecular complexity index is 495. The van der Waals surface area contributed by atoms with E-state index in [0.29, 0.717) is 11.1 Å². The molecule has 2 aromatic rings. The Hall–Kier alpha value is -1.20. The van der Waals surface area contributed by atoms with Crippen LogP contribution in [0.25, 0.3) is 9.40 Å². The fraction of sp³-hybridized carbons (Fsp3) is 0.111. The first kappa shape index (κ1) is 9.36. The molecule has 0 bridgehead atoms. The Morgan fingerprint density at radius 2 is 2.14 bits per heavy atom. The lowest BCUT2D eigenvalue weighted by molar-refractivity contribution is 0.0603. The van der Waals surface area contributed by atoms with E-state index in [1.807, 2.05) is 0 Å². The number of carbonyl (C=O) groups excluding carboxylic acids is 2. The van der Waals surface area contributed by atoms with E-state index < -0.39 is 5.97 Å². The standard InChI is InChI=1S/C9H6O3S2/c1-12-8(11)6-4-14-9-7(6)5(2-10)3-13-9/h2-4H,1H3. The SMILES string of the molecule is COC(=O)c1csc2scc(C=O)c12. The second-order valence-electron chi connectivity index (χ2n) is 2.61. The maximum absolute atomic E-state index is 11.3. The highest BCUT2D eigenvalue weighted by Crippen LogP contribution is 2.34. The van der Waals surface area contributed by atoms with Gasteiger partial charge in [0.1, 0.15) is 0 Å². The molecule has 0 aromatic carbocycles. The van der Waals surface area contributed by atoms with E-state index in [9.17, 15) is 9.59 Å². The summed E-state index contributed by atoms with van der Waals surface area (Å²) in [5.41, 5.74) is 1.04. The molecule has 0 aliphatic carbocycles. The van der Waals surface area contributed by atoms with E-state index in [4.69, 9.17) is 0 Å². The lowest BCUT2D eigenvalue weighted by Crippen LogP contribution is -1.99. The van der Waals surface area contributed by atoms with Gasteiger partial charge >= 0.3 is 5.97 Å². The van der Waals surface area contributed by atoms with Gasteiger partial charge in [-0.15, -0.1) is 22.7 Å². The zero-order valence-corrected chi connectivity index (χ0v) is 8.91. The molecular formula is C9H6O3S2. The fourth-order valence-electron chi connectivity index (χ4n) is 1.22. The number of aldehydes is 1. The number of ether oxygens (including phenoxy) is 1. The molecule has 0 unspecified atom stereocenters. The van der Waals surface area contributed by atoms with E-state index in [2.05, 4.69) is 4.74 Å². The summed E-state index contributed by atoms with van der Waals surface area (Å²) in [6.07, 6.45) is 0.762. The first-order chi connectivity index (χ1) is 6.77. The molecule has 0 aliphatic rings. The van der Waals surface area contributed by atoms with Crippen molar-refractivity contribution < 1.29 is 14.3 Å². The predicted molar refractivity (Wildman–Crippen MR) is 56.4 cm³/mol. The molecule has 2 heterocycles. The van der Waals surface area contributed by atoms with E-state index in [1.165, 1.54) is 29.8 Å². The minimum atomic E-state index is -0.391. The highest BCUT2D eigenvalue weighted by Gasteiger charge is 2.16. The van der Waals surface area contributed by atoms with Crippen LogP contribution in [0.15, 0.2) is 10.8 Å². The Morgan fingerprint density at radius 3 is 2.79 bits per heavy atom. The number of hydrogen-bond donors (Lipinski definition) is 0. The van der Waals surface area contributed by atoms with Gasteiger partial charge in [0.15, 0.2) is 6.29 Å². The van der Waals surface area contributed by atoms with E-state index in [1.54, 1.807) is 10.8 Å². The molecule has 14 heavy (non-hydrogen) atoms. The van der Waals surface area contributed by atoms with Gasteiger partial charge in [-0.25, -0.2) is 4.79 Å². The summed E-state index contributed by atoms with van der Waals surface area (Å²) >= 11 is 2.92. The summed E-state index contributed by atoms with van der Waals surface area (Å²) in [4.78, 5) is 22.0. The van der Waals surface area contributed by atoms with Crippen molar-refractivity contribution in [2.45, 2.75) is 0 Å². The zero-order chi connectivity index (χ0) is 10.1. The molecule has 0 N–H and O–H groups in total. The van der Waals surface area contributed by atoms with Crippen molar-refractivity contribution in [3.8, 4) is 0 Å². The number of hydrogen-bond acceptors (Lipinski definition) is 5. The monoisotopic (exact) mass is 226 g/mol. The summed E-state index contributed by atoms with van der Waals surface area (Å²) in [5, 5.41) is 4.20. The first-order valence-corrected chi connectivity index (χ1v) is 5.56. The Balaban J connectivity index is 2.70.